The van der Waals surface area contributed by atoms with Gasteiger partial charge in [0.25, 0.3) is 5.91 Å². The first-order valence-electron chi connectivity index (χ1n) is 6.99. The van der Waals surface area contributed by atoms with Crippen LogP contribution in [0.1, 0.15) is 30.1 Å². The van der Waals surface area contributed by atoms with Crippen molar-refractivity contribution in [3.63, 3.8) is 0 Å². The molecule has 2 aliphatic rings. The first kappa shape index (κ1) is 12.9. The molecule has 2 heterocycles. The Morgan fingerprint density at radius 1 is 1.42 bits per heavy atom. The summed E-state index contributed by atoms with van der Waals surface area (Å²) in [4.78, 5) is 14.8. The minimum absolute atomic E-state index is 0.0221. The zero-order chi connectivity index (χ0) is 13.4. The molecule has 0 aliphatic carbocycles. The number of fused-ring (bicyclic) bond motifs is 2. The van der Waals surface area contributed by atoms with Crippen LogP contribution in [0.2, 0.25) is 5.02 Å². The Kier molecular flexibility index (Phi) is 3.50. The molecule has 2 bridgehead atoms. The third-order valence-corrected chi connectivity index (χ3v) is 4.72. The first-order chi connectivity index (χ1) is 9.19. The van der Waals surface area contributed by atoms with Gasteiger partial charge in [-0.25, -0.2) is 0 Å². The summed E-state index contributed by atoms with van der Waals surface area (Å²) in [7, 11) is 0. The molecule has 4 unspecified atom stereocenters. The smallest absolute Gasteiger partial charge is 0.251 e. The molecule has 1 aromatic carbocycles. The van der Waals surface area contributed by atoms with E-state index in [1.807, 2.05) is 0 Å². The minimum atomic E-state index is 0.0221. The highest BCUT2D eigenvalue weighted by Crippen LogP contribution is 2.34. The van der Waals surface area contributed by atoms with E-state index in [0.29, 0.717) is 28.6 Å². The molecule has 19 heavy (non-hydrogen) atoms. The number of nitrogens with zero attached hydrogens (tertiary/aromatic N) is 1. The predicted molar refractivity (Wildman–Crippen MR) is 76.5 cm³/mol. The summed E-state index contributed by atoms with van der Waals surface area (Å²) < 4.78 is 0. The van der Waals surface area contributed by atoms with Crippen molar-refractivity contribution < 1.29 is 4.79 Å². The van der Waals surface area contributed by atoms with Crippen LogP contribution in [0.25, 0.3) is 0 Å². The number of carbonyl (C=O) groups excluding carboxylic acids is 1. The van der Waals surface area contributed by atoms with Crippen LogP contribution < -0.4 is 5.32 Å². The molecule has 2 fully saturated rings. The third kappa shape index (κ3) is 2.37. The second-order valence-electron chi connectivity index (χ2n) is 5.53. The maximum atomic E-state index is 12.3. The fraction of sp³-hybridized carbons (Fsp3) is 0.533. The average Bonchev–Trinajstić information content (AvgIpc) is 3.00. The highest BCUT2D eigenvalue weighted by atomic mass is 35.5. The van der Waals surface area contributed by atoms with Gasteiger partial charge in [0.15, 0.2) is 0 Å². The van der Waals surface area contributed by atoms with Gasteiger partial charge in [-0.05, 0) is 49.6 Å². The van der Waals surface area contributed by atoms with Gasteiger partial charge < -0.3 is 5.32 Å². The van der Waals surface area contributed by atoms with Gasteiger partial charge >= 0.3 is 0 Å². The van der Waals surface area contributed by atoms with Gasteiger partial charge in [0.05, 0.1) is 0 Å². The van der Waals surface area contributed by atoms with E-state index in [4.69, 9.17) is 11.6 Å². The molecule has 0 radical (unpaired) electrons. The lowest BCUT2D eigenvalue weighted by atomic mass is 9.92. The number of benzene rings is 1. The van der Waals surface area contributed by atoms with E-state index < -0.39 is 0 Å². The average molecular weight is 279 g/mol. The summed E-state index contributed by atoms with van der Waals surface area (Å²) in [5.74, 6) is 0.648. The summed E-state index contributed by atoms with van der Waals surface area (Å²) in [6.45, 7) is 4.54. The predicted octanol–water partition coefficient (Wildman–Crippen LogP) is 2.55. The molecule has 0 saturated carbocycles. The molecular formula is C15H19ClN2O. The van der Waals surface area contributed by atoms with Gasteiger partial charge in [-0.1, -0.05) is 18.5 Å². The number of hydrogen-bond donors (Lipinski definition) is 1. The van der Waals surface area contributed by atoms with E-state index in [9.17, 15) is 4.79 Å². The van der Waals surface area contributed by atoms with Gasteiger partial charge in [0, 0.05) is 29.2 Å². The Labute approximate surface area is 118 Å². The van der Waals surface area contributed by atoms with E-state index in [-0.39, 0.29) is 5.91 Å². The Morgan fingerprint density at radius 3 is 2.84 bits per heavy atom. The second kappa shape index (κ2) is 5.14. The second-order valence-corrected chi connectivity index (χ2v) is 5.96. The first-order valence-corrected chi connectivity index (χ1v) is 7.37. The molecule has 0 aromatic heterocycles. The van der Waals surface area contributed by atoms with Crippen LogP contribution in [0, 0.1) is 5.92 Å². The van der Waals surface area contributed by atoms with Crippen molar-refractivity contribution in [3.8, 4) is 0 Å². The third-order valence-electron chi connectivity index (χ3n) is 4.47. The molecule has 2 aliphatic heterocycles. The quantitative estimate of drug-likeness (QED) is 0.922. The summed E-state index contributed by atoms with van der Waals surface area (Å²) >= 11 is 5.85. The van der Waals surface area contributed by atoms with Crippen molar-refractivity contribution in [2.75, 3.05) is 13.1 Å². The maximum Gasteiger partial charge on any atom is 0.251 e. The van der Waals surface area contributed by atoms with Gasteiger partial charge in [0.2, 0.25) is 0 Å². The van der Waals surface area contributed by atoms with Gasteiger partial charge in [-0.3, -0.25) is 9.69 Å². The van der Waals surface area contributed by atoms with Crippen molar-refractivity contribution in [2.45, 2.75) is 31.8 Å². The van der Waals surface area contributed by atoms with Crippen LogP contribution >= 0.6 is 11.6 Å². The van der Waals surface area contributed by atoms with E-state index >= 15 is 0 Å². The monoisotopic (exact) mass is 278 g/mol. The fourth-order valence-electron chi connectivity index (χ4n) is 3.51. The molecule has 0 spiro atoms. The molecule has 3 nitrogen and oxygen atoms in total. The summed E-state index contributed by atoms with van der Waals surface area (Å²) in [5.41, 5.74) is 0.692. The highest BCUT2D eigenvalue weighted by molar-refractivity contribution is 6.30. The Morgan fingerprint density at radius 2 is 2.16 bits per heavy atom. The summed E-state index contributed by atoms with van der Waals surface area (Å²) in [6, 6.07) is 7.91. The highest BCUT2D eigenvalue weighted by Gasteiger charge is 2.45. The van der Waals surface area contributed by atoms with Crippen LogP contribution in [0.3, 0.4) is 0 Å². The molecule has 1 amide bonds. The molecule has 1 aromatic rings. The lowest BCUT2D eigenvalue weighted by Gasteiger charge is -2.32. The number of halogens is 1. The largest absolute Gasteiger partial charge is 0.347 e. The van der Waals surface area contributed by atoms with Crippen molar-refractivity contribution >= 4 is 17.5 Å². The molecule has 4 heteroatoms. The Balaban J connectivity index is 1.71. The van der Waals surface area contributed by atoms with Crippen LogP contribution in [-0.4, -0.2) is 36.0 Å². The summed E-state index contributed by atoms with van der Waals surface area (Å²) in [6.07, 6.45) is 2.31. The Bertz CT molecular complexity index is 474. The number of piperidine rings is 1. The number of rotatable bonds is 3. The SMILES string of the molecule is CCC1C(NC(=O)c2ccc(Cl)cc2)C2CCN1C2. The fourth-order valence-corrected chi connectivity index (χ4v) is 3.64. The van der Waals surface area contributed by atoms with Crippen molar-refractivity contribution in [3.05, 3.63) is 34.9 Å². The number of nitrogens with one attached hydrogen (secondary N) is 1. The topological polar surface area (TPSA) is 32.3 Å². The lowest BCUT2D eigenvalue weighted by molar-refractivity contribution is 0.0901. The Hall–Kier alpha value is -1.06. The van der Waals surface area contributed by atoms with E-state index in [0.717, 1.165) is 13.0 Å². The van der Waals surface area contributed by atoms with Gasteiger partial charge in [-0.2, -0.15) is 0 Å². The van der Waals surface area contributed by atoms with Gasteiger partial charge in [-0.15, -0.1) is 0 Å². The standard InChI is InChI=1S/C15H19ClN2O/c1-2-13-14(11-7-8-18(13)9-11)17-15(19)10-3-5-12(16)6-4-10/h3-6,11,13-14H,2,7-9H2,1H3,(H,17,19). The van der Waals surface area contributed by atoms with Crippen molar-refractivity contribution in [1.29, 1.82) is 0 Å². The molecule has 4 atom stereocenters. The van der Waals surface area contributed by atoms with Crippen LogP contribution in [-0.2, 0) is 0 Å². The molecule has 102 valence electrons. The normalized spacial score (nSPS) is 32.5. The number of carbonyl (C=O) groups is 1. The molecular weight excluding hydrogens is 260 g/mol. The zero-order valence-corrected chi connectivity index (χ0v) is 11.9. The van der Waals surface area contributed by atoms with Crippen LogP contribution in [0.15, 0.2) is 24.3 Å². The molecule has 1 N–H and O–H groups in total. The van der Waals surface area contributed by atoms with Crippen molar-refractivity contribution in [2.24, 2.45) is 5.92 Å². The van der Waals surface area contributed by atoms with Crippen LogP contribution in [0.4, 0.5) is 0 Å². The van der Waals surface area contributed by atoms with E-state index in [1.54, 1.807) is 24.3 Å². The number of amides is 1. The van der Waals surface area contributed by atoms with Gasteiger partial charge in [0.1, 0.15) is 0 Å². The molecule has 2 saturated heterocycles. The van der Waals surface area contributed by atoms with E-state index in [1.165, 1.54) is 13.0 Å². The summed E-state index contributed by atoms with van der Waals surface area (Å²) in [5, 5.41) is 3.88. The lowest BCUT2D eigenvalue weighted by Crippen LogP contribution is -2.49. The van der Waals surface area contributed by atoms with Crippen molar-refractivity contribution in [1.82, 2.24) is 10.2 Å². The zero-order valence-electron chi connectivity index (χ0n) is 11.1. The maximum absolute atomic E-state index is 12.3. The molecule has 3 rings (SSSR count). The number of hydrogen-bond acceptors (Lipinski definition) is 2. The van der Waals surface area contributed by atoms with E-state index in [2.05, 4.69) is 17.1 Å². The van der Waals surface area contributed by atoms with Crippen LogP contribution in [0.5, 0.6) is 0 Å². The minimum Gasteiger partial charge on any atom is -0.347 e.